The highest BCUT2D eigenvalue weighted by molar-refractivity contribution is 7.99. The number of pyridine rings is 1. The first-order valence-corrected chi connectivity index (χ1v) is 6.83. The van der Waals surface area contributed by atoms with Crippen molar-refractivity contribution in [3.05, 3.63) is 52.6 Å². The minimum Gasteiger partial charge on any atom is -0.478 e. The van der Waals surface area contributed by atoms with E-state index in [0.717, 1.165) is 17.8 Å². The molecule has 0 aliphatic rings. The standard InChI is InChI=1S/C15H11FN2O2S/c1-8-5-13(11(7-17)9(2)18-8)21-14-6-10(15(19)20)3-4-12(14)16/h3-6H,1-2H3,(H,19,20). The van der Waals surface area contributed by atoms with E-state index in [4.69, 9.17) is 5.11 Å². The normalized spacial score (nSPS) is 10.2. The highest BCUT2D eigenvalue weighted by Crippen LogP contribution is 2.34. The van der Waals surface area contributed by atoms with E-state index in [2.05, 4.69) is 4.98 Å². The van der Waals surface area contributed by atoms with Gasteiger partial charge in [0.2, 0.25) is 0 Å². The molecule has 6 heteroatoms. The number of carbonyl (C=O) groups is 1. The zero-order valence-corrected chi connectivity index (χ0v) is 12.2. The summed E-state index contributed by atoms with van der Waals surface area (Å²) < 4.78 is 13.8. The first-order chi connectivity index (χ1) is 9.92. The summed E-state index contributed by atoms with van der Waals surface area (Å²) >= 11 is 1.02. The first kappa shape index (κ1) is 15.0. The summed E-state index contributed by atoms with van der Waals surface area (Å²) in [6.45, 7) is 3.49. The fourth-order valence-corrected chi connectivity index (χ4v) is 2.96. The number of aromatic carboxylic acids is 1. The molecule has 0 unspecified atom stereocenters. The molecule has 1 N–H and O–H groups in total. The van der Waals surface area contributed by atoms with Gasteiger partial charge < -0.3 is 5.11 Å². The Kier molecular flexibility index (Phi) is 4.24. The van der Waals surface area contributed by atoms with Gasteiger partial charge in [0, 0.05) is 15.5 Å². The monoisotopic (exact) mass is 302 g/mol. The van der Waals surface area contributed by atoms with Crippen LogP contribution in [0.5, 0.6) is 0 Å². The molecule has 0 aliphatic carbocycles. The average Bonchev–Trinajstić information content (AvgIpc) is 2.40. The fraction of sp³-hybridized carbons (Fsp3) is 0.133. The molecule has 0 radical (unpaired) electrons. The van der Waals surface area contributed by atoms with Crippen molar-refractivity contribution in [1.82, 2.24) is 4.98 Å². The van der Waals surface area contributed by atoms with E-state index < -0.39 is 11.8 Å². The third kappa shape index (κ3) is 3.20. The van der Waals surface area contributed by atoms with Gasteiger partial charge in [0.1, 0.15) is 11.9 Å². The second kappa shape index (κ2) is 5.94. The van der Waals surface area contributed by atoms with Crippen molar-refractivity contribution < 1.29 is 14.3 Å². The molecule has 0 fully saturated rings. The Morgan fingerprint density at radius 2 is 2.05 bits per heavy atom. The van der Waals surface area contributed by atoms with Gasteiger partial charge in [-0.1, -0.05) is 11.8 Å². The minimum absolute atomic E-state index is 0.0000855. The SMILES string of the molecule is Cc1cc(Sc2cc(C(=O)O)ccc2F)c(C#N)c(C)n1. The predicted molar refractivity (Wildman–Crippen MR) is 75.9 cm³/mol. The van der Waals surface area contributed by atoms with Crippen molar-refractivity contribution >= 4 is 17.7 Å². The van der Waals surface area contributed by atoms with Gasteiger partial charge in [0.05, 0.1) is 16.8 Å². The molecule has 0 aliphatic heterocycles. The lowest BCUT2D eigenvalue weighted by Gasteiger charge is -2.09. The maximum Gasteiger partial charge on any atom is 0.335 e. The summed E-state index contributed by atoms with van der Waals surface area (Å²) in [6.07, 6.45) is 0. The predicted octanol–water partition coefficient (Wildman–Crippen LogP) is 3.56. The van der Waals surface area contributed by atoms with Crippen LogP contribution in [-0.4, -0.2) is 16.1 Å². The Morgan fingerprint density at radius 1 is 1.33 bits per heavy atom. The Morgan fingerprint density at radius 3 is 2.67 bits per heavy atom. The van der Waals surface area contributed by atoms with E-state index in [0.29, 0.717) is 21.8 Å². The van der Waals surface area contributed by atoms with E-state index in [-0.39, 0.29) is 10.5 Å². The molecule has 0 bridgehead atoms. The van der Waals surface area contributed by atoms with E-state index in [1.807, 2.05) is 6.07 Å². The quantitative estimate of drug-likeness (QED) is 0.938. The van der Waals surface area contributed by atoms with Crippen LogP contribution in [0, 0.1) is 31.0 Å². The maximum atomic E-state index is 13.8. The molecule has 1 aromatic carbocycles. The number of halogens is 1. The number of benzene rings is 1. The van der Waals surface area contributed by atoms with Crippen LogP contribution in [-0.2, 0) is 0 Å². The van der Waals surface area contributed by atoms with Crippen molar-refractivity contribution in [3.63, 3.8) is 0 Å². The molecule has 0 saturated carbocycles. The second-order valence-electron chi connectivity index (χ2n) is 4.39. The number of rotatable bonds is 3. The van der Waals surface area contributed by atoms with Gasteiger partial charge in [0.15, 0.2) is 0 Å². The molecular weight excluding hydrogens is 291 g/mol. The topological polar surface area (TPSA) is 74.0 Å². The van der Waals surface area contributed by atoms with Crippen LogP contribution < -0.4 is 0 Å². The zero-order valence-electron chi connectivity index (χ0n) is 11.3. The molecule has 0 amide bonds. The lowest BCUT2D eigenvalue weighted by molar-refractivity contribution is 0.0696. The van der Waals surface area contributed by atoms with Gasteiger partial charge in [-0.3, -0.25) is 4.98 Å². The van der Waals surface area contributed by atoms with Crippen LogP contribution in [0.1, 0.15) is 27.3 Å². The van der Waals surface area contributed by atoms with E-state index in [9.17, 15) is 14.4 Å². The lowest BCUT2D eigenvalue weighted by atomic mass is 10.2. The summed E-state index contributed by atoms with van der Waals surface area (Å²) in [5, 5.41) is 18.2. The highest BCUT2D eigenvalue weighted by Gasteiger charge is 2.14. The molecule has 4 nitrogen and oxygen atoms in total. The number of aryl methyl sites for hydroxylation is 2. The number of aromatic nitrogens is 1. The van der Waals surface area contributed by atoms with Gasteiger partial charge in [-0.25, -0.2) is 9.18 Å². The molecular formula is C15H11FN2O2S. The largest absolute Gasteiger partial charge is 0.478 e. The first-order valence-electron chi connectivity index (χ1n) is 6.01. The molecule has 0 spiro atoms. The van der Waals surface area contributed by atoms with Gasteiger partial charge >= 0.3 is 5.97 Å². The Hall–Kier alpha value is -2.39. The Bertz CT molecular complexity index is 769. The number of nitriles is 1. The number of hydrogen-bond donors (Lipinski definition) is 1. The van der Waals surface area contributed by atoms with Gasteiger partial charge in [0.25, 0.3) is 0 Å². The van der Waals surface area contributed by atoms with Crippen molar-refractivity contribution in [2.75, 3.05) is 0 Å². The molecule has 0 saturated heterocycles. The van der Waals surface area contributed by atoms with Crippen LogP contribution in [0.15, 0.2) is 34.1 Å². The van der Waals surface area contributed by atoms with E-state index in [1.165, 1.54) is 12.1 Å². The summed E-state index contributed by atoms with van der Waals surface area (Å²) in [5.74, 6) is -1.65. The molecule has 0 atom stereocenters. The second-order valence-corrected chi connectivity index (χ2v) is 5.47. The number of hydrogen-bond acceptors (Lipinski definition) is 4. The van der Waals surface area contributed by atoms with Crippen molar-refractivity contribution in [2.45, 2.75) is 23.6 Å². The van der Waals surface area contributed by atoms with Gasteiger partial charge in [-0.05, 0) is 38.1 Å². The van der Waals surface area contributed by atoms with Crippen LogP contribution in [0.3, 0.4) is 0 Å². The summed E-state index contributed by atoms with van der Waals surface area (Å²) in [5.41, 5.74) is 1.64. The van der Waals surface area contributed by atoms with E-state index in [1.54, 1.807) is 19.9 Å². The molecule has 106 valence electrons. The Balaban J connectivity index is 2.50. The van der Waals surface area contributed by atoms with E-state index >= 15 is 0 Å². The third-order valence-electron chi connectivity index (χ3n) is 2.80. The number of carboxylic acid groups (broad SMARTS) is 1. The third-order valence-corrected chi connectivity index (χ3v) is 3.88. The van der Waals surface area contributed by atoms with Crippen LogP contribution in [0.2, 0.25) is 0 Å². The summed E-state index contributed by atoms with van der Waals surface area (Å²) in [7, 11) is 0. The smallest absolute Gasteiger partial charge is 0.335 e. The van der Waals surface area contributed by atoms with Crippen molar-refractivity contribution in [3.8, 4) is 6.07 Å². The van der Waals surface area contributed by atoms with Crippen LogP contribution in [0.4, 0.5) is 4.39 Å². The van der Waals surface area contributed by atoms with Crippen molar-refractivity contribution in [2.24, 2.45) is 0 Å². The number of carboxylic acids is 1. The fourth-order valence-electron chi connectivity index (χ4n) is 1.84. The average molecular weight is 302 g/mol. The zero-order chi connectivity index (χ0) is 15.6. The molecule has 2 rings (SSSR count). The summed E-state index contributed by atoms with van der Waals surface area (Å²) in [6, 6.07) is 7.30. The minimum atomic E-state index is -1.13. The maximum absolute atomic E-state index is 13.8. The van der Waals surface area contributed by atoms with Gasteiger partial charge in [-0.2, -0.15) is 5.26 Å². The lowest BCUT2D eigenvalue weighted by Crippen LogP contribution is -1.98. The highest BCUT2D eigenvalue weighted by atomic mass is 32.2. The van der Waals surface area contributed by atoms with Crippen molar-refractivity contribution in [1.29, 1.82) is 5.26 Å². The molecule has 21 heavy (non-hydrogen) atoms. The van der Waals surface area contributed by atoms with Crippen LogP contribution >= 0.6 is 11.8 Å². The van der Waals surface area contributed by atoms with Gasteiger partial charge in [-0.15, -0.1) is 0 Å². The van der Waals surface area contributed by atoms with Crippen LogP contribution in [0.25, 0.3) is 0 Å². The Labute approximate surface area is 125 Å². The molecule has 1 aromatic heterocycles. The molecule has 1 heterocycles. The number of nitrogens with zero attached hydrogens (tertiary/aromatic N) is 2. The molecule has 2 aromatic rings. The summed E-state index contributed by atoms with van der Waals surface area (Å²) in [4.78, 5) is 15.9.